The number of hydrogen-bond acceptors (Lipinski definition) is 2. The van der Waals surface area contributed by atoms with Crippen LogP contribution >= 0.6 is 0 Å². The van der Waals surface area contributed by atoms with Crippen LogP contribution in [0.15, 0.2) is 42.5 Å². The molecule has 2 nitrogen and oxygen atoms in total. The second kappa shape index (κ2) is 8.86. The zero-order chi connectivity index (χ0) is 14.9. The second-order valence-corrected chi connectivity index (χ2v) is 5.35. The Bertz CT molecular complexity index is 526. The van der Waals surface area contributed by atoms with Crippen LogP contribution in [0.3, 0.4) is 0 Å². The molecule has 0 bridgehead atoms. The average Bonchev–Trinajstić information content (AvgIpc) is 2.53. The maximum absolute atomic E-state index is 6.00. The quantitative estimate of drug-likeness (QED) is 0.508. The van der Waals surface area contributed by atoms with Crippen molar-refractivity contribution in [2.45, 2.75) is 39.5 Å². The highest BCUT2D eigenvalue weighted by atomic mass is 16.6. The van der Waals surface area contributed by atoms with Gasteiger partial charge in [0.15, 0.2) is 0 Å². The van der Waals surface area contributed by atoms with Crippen LogP contribution < -0.4 is 5.46 Å². The van der Waals surface area contributed by atoms with Gasteiger partial charge in [-0.25, -0.2) is 0 Å². The fourth-order valence-electron chi connectivity index (χ4n) is 2.35. The van der Waals surface area contributed by atoms with Crippen LogP contribution in [0.25, 0.3) is 10.8 Å². The average molecular weight is 284 g/mol. The predicted molar refractivity (Wildman–Crippen MR) is 91.1 cm³/mol. The Hall–Kier alpha value is -1.32. The van der Waals surface area contributed by atoms with Crippen LogP contribution in [0.2, 0.25) is 0 Å². The summed E-state index contributed by atoms with van der Waals surface area (Å²) in [6.45, 7) is 5.84. The van der Waals surface area contributed by atoms with Crippen LogP contribution in [-0.4, -0.2) is 20.3 Å². The number of unbranched alkanes of at least 4 members (excludes halogenated alkanes) is 2. The van der Waals surface area contributed by atoms with Crippen molar-refractivity contribution in [3.05, 3.63) is 42.5 Å². The highest BCUT2D eigenvalue weighted by molar-refractivity contribution is 6.64. The van der Waals surface area contributed by atoms with Crippen molar-refractivity contribution in [2.75, 3.05) is 13.2 Å². The van der Waals surface area contributed by atoms with E-state index < -0.39 is 0 Å². The van der Waals surface area contributed by atoms with Crippen molar-refractivity contribution in [3.8, 4) is 0 Å². The van der Waals surface area contributed by atoms with E-state index in [1.807, 2.05) is 0 Å². The van der Waals surface area contributed by atoms with Crippen molar-refractivity contribution in [1.82, 2.24) is 0 Å². The maximum atomic E-state index is 6.00. The molecule has 21 heavy (non-hydrogen) atoms. The van der Waals surface area contributed by atoms with E-state index >= 15 is 0 Å². The van der Waals surface area contributed by atoms with Crippen LogP contribution in [0.4, 0.5) is 0 Å². The fraction of sp³-hybridized carbons (Fsp3) is 0.444. The molecule has 2 aromatic rings. The molecule has 0 aromatic heterocycles. The smallest absolute Gasteiger partial charge is 0.407 e. The van der Waals surface area contributed by atoms with E-state index in [-0.39, 0.29) is 7.12 Å². The molecular weight excluding hydrogens is 259 g/mol. The first kappa shape index (κ1) is 16.1. The first-order chi connectivity index (χ1) is 10.4. The number of hydrogen-bond donors (Lipinski definition) is 0. The van der Waals surface area contributed by atoms with Crippen LogP contribution in [0.5, 0.6) is 0 Å². The summed E-state index contributed by atoms with van der Waals surface area (Å²) in [5.74, 6) is 0. The molecule has 2 aromatic carbocycles. The second-order valence-electron chi connectivity index (χ2n) is 5.35. The van der Waals surface area contributed by atoms with E-state index in [2.05, 4.69) is 56.3 Å². The molecule has 0 unspecified atom stereocenters. The third kappa shape index (κ3) is 4.58. The zero-order valence-corrected chi connectivity index (χ0v) is 13.2. The SMILES string of the molecule is CCCCOB(OCCCC)c1cccc2ccccc12. The minimum Gasteiger partial charge on any atom is -0.407 e. The van der Waals surface area contributed by atoms with Gasteiger partial charge in [0.25, 0.3) is 0 Å². The molecule has 0 N–H and O–H groups in total. The van der Waals surface area contributed by atoms with Gasteiger partial charge in [-0.1, -0.05) is 69.2 Å². The van der Waals surface area contributed by atoms with E-state index in [0.29, 0.717) is 0 Å². The summed E-state index contributed by atoms with van der Waals surface area (Å²) >= 11 is 0. The lowest BCUT2D eigenvalue weighted by molar-refractivity contribution is 0.202. The van der Waals surface area contributed by atoms with E-state index in [0.717, 1.165) is 44.4 Å². The van der Waals surface area contributed by atoms with E-state index in [9.17, 15) is 0 Å². The van der Waals surface area contributed by atoms with Gasteiger partial charge in [-0.15, -0.1) is 0 Å². The van der Waals surface area contributed by atoms with Gasteiger partial charge in [-0.05, 0) is 29.1 Å². The first-order valence-corrected chi connectivity index (χ1v) is 8.07. The minimum atomic E-state index is -0.255. The summed E-state index contributed by atoms with van der Waals surface area (Å²) in [6.07, 6.45) is 4.41. The van der Waals surface area contributed by atoms with Gasteiger partial charge < -0.3 is 9.31 Å². The van der Waals surface area contributed by atoms with Gasteiger partial charge in [-0.2, -0.15) is 0 Å². The van der Waals surface area contributed by atoms with Crippen molar-refractivity contribution >= 4 is 23.4 Å². The molecular formula is C18H25BO2. The Morgan fingerprint density at radius 3 is 2.10 bits per heavy atom. The molecule has 0 spiro atoms. The van der Waals surface area contributed by atoms with Crippen LogP contribution in [0.1, 0.15) is 39.5 Å². The Kier molecular flexibility index (Phi) is 6.78. The van der Waals surface area contributed by atoms with E-state index in [1.54, 1.807) is 0 Å². The Morgan fingerprint density at radius 2 is 1.43 bits per heavy atom. The van der Waals surface area contributed by atoms with Crippen LogP contribution in [0, 0.1) is 0 Å². The largest absolute Gasteiger partial charge is 0.494 e. The standard InChI is InChI=1S/C18H25BO2/c1-3-5-14-20-19(21-15-6-4-2)18-13-9-11-16-10-7-8-12-17(16)18/h7-13H,3-6,14-15H2,1-2H3. The van der Waals surface area contributed by atoms with Gasteiger partial charge in [-0.3, -0.25) is 0 Å². The normalized spacial score (nSPS) is 11.0. The molecule has 0 saturated heterocycles. The molecule has 112 valence electrons. The molecule has 2 rings (SSSR count). The maximum Gasteiger partial charge on any atom is 0.494 e. The van der Waals surface area contributed by atoms with Gasteiger partial charge >= 0.3 is 7.12 Å². The highest BCUT2D eigenvalue weighted by Crippen LogP contribution is 2.13. The summed E-state index contributed by atoms with van der Waals surface area (Å²) in [5.41, 5.74) is 1.14. The lowest BCUT2D eigenvalue weighted by atomic mass is 9.75. The molecule has 0 aliphatic rings. The first-order valence-electron chi connectivity index (χ1n) is 8.07. The lowest BCUT2D eigenvalue weighted by Gasteiger charge is -2.16. The third-order valence-corrected chi connectivity index (χ3v) is 3.61. The zero-order valence-electron chi connectivity index (χ0n) is 13.2. The lowest BCUT2D eigenvalue weighted by Crippen LogP contribution is -2.38. The number of rotatable bonds is 9. The van der Waals surface area contributed by atoms with Gasteiger partial charge in [0.05, 0.1) is 0 Å². The monoisotopic (exact) mass is 284 g/mol. The molecule has 0 saturated carbocycles. The van der Waals surface area contributed by atoms with Gasteiger partial charge in [0.1, 0.15) is 0 Å². The van der Waals surface area contributed by atoms with Crippen molar-refractivity contribution in [2.24, 2.45) is 0 Å². The predicted octanol–water partition coefficient (Wildman–Crippen LogP) is 4.17. The van der Waals surface area contributed by atoms with Crippen molar-refractivity contribution in [1.29, 1.82) is 0 Å². The summed E-state index contributed by atoms with van der Waals surface area (Å²) in [7, 11) is -0.255. The summed E-state index contributed by atoms with van der Waals surface area (Å²) in [5, 5.41) is 2.45. The fourth-order valence-corrected chi connectivity index (χ4v) is 2.35. The third-order valence-electron chi connectivity index (χ3n) is 3.61. The molecule has 0 amide bonds. The Balaban J connectivity index is 2.19. The van der Waals surface area contributed by atoms with Crippen molar-refractivity contribution < 1.29 is 9.31 Å². The Morgan fingerprint density at radius 1 is 0.810 bits per heavy atom. The topological polar surface area (TPSA) is 18.5 Å². The molecule has 0 radical (unpaired) electrons. The summed E-state index contributed by atoms with van der Waals surface area (Å²) < 4.78 is 12.0. The Labute approximate surface area is 128 Å². The van der Waals surface area contributed by atoms with Gasteiger partial charge in [0, 0.05) is 13.2 Å². The summed E-state index contributed by atoms with van der Waals surface area (Å²) in [6, 6.07) is 14.7. The molecule has 3 heteroatoms. The number of benzene rings is 2. The van der Waals surface area contributed by atoms with Gasteiger partial charge in [0.2, 0.25) is 0 Å². The summed E-state index contributed by atoms with van der Waals surface area (Å²) in [4.78, 5) is 0. The van der Waals surface area contributed by atoms with Crippen molar-refractivity contribution in [3.63, 3.8) is 0 Å². The number of fused-ring (bicyclic) bond motifs is 1. The minimum absolute atomic E-state index is 0.255. The highest BCUT2D eigenvalue weighted by Gasteiger charge is 2.23. The molecule has 0 aliphatic carbocycles. The molecule has 0 fully saturated rings. The molecule has 0 atom stereocenters. The van der Waals surface area contributed by atoms with Crippen LogP contribution in [-0.2, 0) is 9.31 Å². The molecule has 0 heterocycles. The van der Waals surface area contributed by atoms with E-state index in [1.165, 1.54) is 10.8 Å². The van der Waals surface area contributed by atoms with E-state index in [4.69, 9.17) is 9.31 Å². The molecule has 0 aliphatic heterocycles.